The van der Waals surface area contributed by atoms with Crippen molar-refractivity contribution < 1.29 is 19.8 Å². The Kier molecular flexibility index (Phi) is 3.57. The highest BCUT2D eigenvalue weighted by Crippen LogP contribution is 1.98. The van der Waals surface area contributed by atoms with Gasteiger partial charge in [-0.3, -0.25) is 4.89 Å². The molecule has 1 aromatic rings. The van der Waals surface area contributed by atoms with E-state index in [2.05, 4.69) is 19.8 Å². The van der Waals surface area contributed by atoms with Crippen molar-refractivity contribution in [3.8, 4) is 0 Å². The van der Waals surface area contributed by atoms with Gasteiger partial charge in [-0.15, -0.1) is 10.1 Å². The number of hydrogen-bond donors (Lipinski definition) is 2. The van der Waals surface area contributed by atoms with Gasteiger partial charge in [-0.25, -0.2) is 9.78 Å². The van der Waals surface area contributed by atoms with E-state index in [-0.39, 0.29) is 6.42 Å². The summed E-state index contributed by atoms with van der Waals surface area (Å²) in [6.45, 7) is 0. The van der Waals surface area contributed by atoms with E-state index in [1.165, 1.54) is 12.5 Å². The topological polar surface area (TPSA) is 133 Å². The van der Waals surface area contributed by atoms with Crippen LogP contribution in [0.1, 0.15) is 5.69 Å². The second-order valence-corrected chi connectivity index (χ2v) is 2.59. The Morgan fingerprint density at radius 1 is 1.80 bits per heavy atom. The minimum absolute atomic E-state index is 0.125. The molecule has 0 spiro atoms. The normalized spacial score (nSPS) is 11.8. The van der Waals surface area contributed by atoms with Crippen LogP contribution in [0.3, 0.4) is 0 Å². The van der Waals surface area contributed by atoms with Gasteiger partial charge in [0.2, 0.25) is 0 Å². The molecular formula is C6H8N4O5. The lowest BCUT2D eigenvalue weighted by molar-refractivity contribution is -0.839. The molecule has 0 aliphatic heterocycles. The number of H-pyrrole nitrogens is 1. The number of carbonyl (C=O) groups excluding carboxylic acids is 1. The molecule has 0 aliphatic rings. The molecule has 0 aromatic carbocycles. The number of aromatic amines is 1. The van der Waals surface area contributed by atoms with Crippen LogP contribution in [0.2, 0.25) is 0 Å². The molecule has 0 aliphatic carbocycles. The van der Waals surface area contributed by atoms with Crippen LogP contribution in [0, 0.1) is 10.1 Å². The molecule has 0 fully saturated rings. The Labute approximate surface area is 83.2 Å². The molecule has 1 rings (SSSR count). The lowest BCUT2D eigenvalue weighted by atomic mass is 10.2. The zero-order chi connectivity index (χ0) is 11.3. The summed E-state index contributed by atoms with van der Waals surface area (Å²) in [5.74, 6) is -1.03. The van der Waals surface area contributed by atoms with E-state index in [1.807, 2.05) is 0 Å². The fourth-order valence-corrected chi connectivity index (χ4v) is 0.846. The van der Waals surface area contributed by atoms with Gasteiger partial charge in [0.15, 0.2) is 0 Å². The minimum atomic E-state index is -1.25. The zero-order valence-corrected chi connectivity index (χ0v) is 7.45. The molecule has 3 N–H and O–H groups in total. The molecule has 1 heterocycles. The van der Waals surface area contributed by atoms with Gasteiger partial charge in [0.25, 0.3) is 0 Å². The van der Waals surface area contributed by atoms with Crippen molar-refractivity contribution >= 4 is 5.97 Å². The lowest BCUT2D eigenvalue weighted by Crippen LogP contribution is -2.34. The predicted molar refractivity (Wildman–Crippen MR) is 44.4 cm³/mol. The second-order valence-electron chi connectivity index (χ2n) is 2.59. The number of nitrogens with one attached hydrogen (secondary N) is 1. The van der Waals surface area contributed by atoms with Crippen molar-refractivity contribution in [2.45, 2.75) is 12.5 Å². The van der Waals surface area contributed by atoms with Crippen LogP contribution in [0.4, 0.5) is 0 Å². The first-order chi connectivity index (χ1) is 7.09. The molecule has 0 bridgehead atoms. The van der Waals surface area contributed by atoms with Gasteiger partial charge in [-0.1, -0.05) is 4.99 Å². The highest BCUT2D eigenvalue weighted by molar-refractivity contribution is 5.75. The van der Waals surface area contributed by atoms with Gasteiger partial charge in [-0.2, -0.15) is 0 Å². The summed E-state index contributed by atoms with van der Waals surface area (Å²) in [5.41, 5.74) is 5.98. The fourth-order valence-electron chi connectivity index (χ4n) is 0.846. The third-order valence-corrected chi connectivity index (χ3v) is 1.48. The molecule has 0 saturated carbocycles. The van der Waals surface area contributed by atoms with E-state index in [1.54, 1.807) is 0 Å². The quantitative estimate of drug-likeness (QED) is 0.364. The average molecular weight is 216 g/mol. The van der Waals surface area contributed by atoms with E-state index in [4.69, 9.17) is 5.73 Å². The number of aromatic nitrogens is 2. The lowest BCUT2D eigenvalue weighted by Gasteiger charge is -2.06. The van der Waals surface area contributed by atoms with E-state index in [0.29, 0.717) is 5.69 Å². The van der Waals surface area contributed by atoms with E-state index >= 15 is 0 Å². The van der Waals surface area contributed by atoms with Gasteiger partial charge in [0.1, 0.15) is 6.04 Å². The maximum absolute atomic E-state index is 11.0. The molecule has 1 unspecified atom stereocenters. The van der Waals surface area contributed by atoms with Crippen LogP contribution >= 0.6 is 0 Å². The van der Waals surface area contributed by atoms with Crippen molar-refractivity contribution in [1.29, 1.82) is 0 Å². The smallest absolute Gasteiger partial charge is 0.348 e. The SMILES string of the molecule is NC(Cc1cnc[nH]1)C(=O)OO[N+](=O)[O-]. The van der Waals surface area contributed by atoms with Crippen molar-refractivity contribution in [3.05, 3.63) is 28.3 Å². The highest BCUT2D eigenvalue weighted by Gasteiger charge is 2.18. The number of hydrogen-bond acceptors (Lipinski definition) is 7. The van der Waals surface area contributed by atoms with Crippen molar-refractivity contribution in [1.82, 2.24) is 9.97 Å². The summed E-state index contributed by atoms with van der Waals surface area (Å²) in [6.07, 6.45) is 3.02. The van der Waals surface area contributed by atoms with Crippen LogP contribution in [0.15, 0.2) is 12.5 Å². The van der Waals surface area contributed by atoms with E-state index < -0.39 is 17.1 Å². The maximum Gasteiger partial charge on any atom is 0.360 e. The zero-order valence-electron chi connectivity index (χ0n) is 7.45. The number of imidazole rings is 1. The Balaban J connectivity index is 2.36. The molecule has 1 aromatic heterocycles. The molecule has 15 heavy (non-hydrogen) atoms. The number of rotatable bonds is 5. The third-order valence-electron chi connectivity index (χ3n) is 1.48. The first-order valence-electron chi connectivity index (χ1n) is 3.85. The van der Waals surface area contributed by atoms with Gasteiger partial charge >= 0.3 is 11.1 Å². The number of carbonyl (C=O) groups is 1. The Morgan fingerprint density at radius 2 is 2.53 bits per heavy atom. The molecule has 0 amide bonds. The molecular weight excluding hydrogens is 208 g/mol. The molecule has 0 radical (unpaired) electrons. The van der Waals surface area contributed by atoms with Crippen molar-refractivity contribution in [3.63, 3.8) is 0 Å². The Hall–Kier alpha value is -2.16. The summed E-state index contributed by atoms with van der Waals surface area (Å²) in [5, 5.41) is 8.44. The number of nitrogens with two attached hydrogens (primary N) is 1. The van der Waals surface area contributed by atoms with E-state index in [9.17, 15) is 14.9 Å². The summed E-state index contributed by atoms with van der Waals surface area (Å²) in [6, 6.07) is -1.05. The van der Waals surface area contributed by atoms with Crippen LogP contribution in [0.5, 0.6) is 0 Å². The van der Waals surface area contributed by atoms with Gasteiger partial charge in [0.05, 0.1) is 6.33 Å². The molecule has 9 nitrogen and oxygen atoms in total. The minimum Gasteiger partial charge on any atom is -0.348 e. The van der Waals surface area contributed by atoms with Gasteiger partial charge in [0, 0.05) is 18.3 Å². The van der Waals surface area contributed by atoms with Crippen LogP contribution in [0.25, 0.3) is 0 Å². The number of nitrogens with zero attached hydrogens (tertiary/aromatic N) is 2. The van der Waals surface area contributed by atoms with Crippen LogP contribution < -0.4 is 5.73 Å². The highest BCUT2D eigenvalue weighted by atomic mass is 17.3. The van der Waals surface area contributed by atoms with E-state index in [0.717, 1.165) is 0 Å². The molecule has 82 valence electrons. The standard InChI is InChI=1S/C6H8N4O5/c7-5(1-4-2-8-3-9-4)6(11)14-15-10(12)13/h2-3,5H,1,7H2,(H,8,9). The Bertz CT molecular complexity index is 337. The van der Waals surface area contributed by atoms with Crippen LogP contribution in [-0.2, 0) is 21.1 Å². The third kappa shape index (κ3) is 3.60. The summed E-state index contributed by atoms with van der Waals surface area (Å²) in [7, 11) is 0. The average Bonchev–Trinajstić information content (AvgIpc) is 2.66. The first kappa shape index (κ1) is 10.9. The summed E-state index contributed by atoms with van der Waals surface area (Å²) < 4.78 is 0. The predicted octanol–water partition coefficient (Wildman–Crippen LogP) is -1.05. The molecule has 1 atom stereocenters. The fraction of sp³-hybridized carbons (Fsp3) is 0.333. The summed E-state index contributed by atoms with van der Waals surface area (Å²) >= 11 is 0. The Morgan fingerprint density at radius 3 is 3.07 bits per heavy atom. The van der Waals surface area contributed by atoms with Crippen molar-refractivity contribution in [2.24, 2.45) is 5.73 Å². The molecule has 9 heteroatoms. The van der Waals surface area contributed by atoms with Crippen LogP contribution in [-0.4, -0.2) is 27.1 Å². The van der Waals surface area contributed by atoms with Gasteiger partial charge < -0.3 is 10.7 Å². The largest absolute Gasteiger partial charge is 0.360 e. The summed E-state index contributed by atoms with van der Waals surface area (Å²) in [4.78, 5) is 34.3. The second kappa shape index (κ2) is 4.91. The monoisotopic (exact) mass is 216 g/mol. The van der Waals surface area contributed by atoms with Crippen molar-refractivity contribution in [2.75, 3.05) is 0 Å². The first-order valence-corrected chi connectivity index (χ1v) is 3.85. The maximum atomic E-state index is 11.0. The van der Waals surface area contributed by atoms with Gasteiger partial charge in [-0.05, 0) is 0 Å². The molecule has 0 saturated heterocycles.